The van der Waals surface area contributed by atoms with Crippen molar-refractivity contribution in [3.63, 3.8) is 0 Å². The number of carbonyl (C=O) groups excluding carboxylic acids is 2. The highest BCUT2D eigenvalue weighted by molar-refractivity contribution is 6.08. The molecule has 2 amide bonds. The lowest BCUT2D eigenvalue weighted by Gasteiger charge is -2.39. The van der Waals surface area contributed by atoms with Crippen LogP contribution in [0.1, 0.15) is 57.7 Å². The fourth-order valence-electron chi connectivity index (χ4n) is 5.78. The van der Waals surface area contributed by atoms with Crippen LogP contribution in [0.4, 0.5) is 33.3 Å². The fraction of sp³-hybridized carbons (Fsp3) is 0.548. The molecule has 6 nitrogen and oxygen atoms in total. The molecule has 2 heterocycles. The van der Waals surface area contributed by atoms with Crippen LogP contribution in [-0.2, 0) is 15.8 Å². The Hall–Kier alpha value is -3.21. The highest BCUT2D eigenvalue weighted by Crippen LogP contribution is 2.44. The number of anilines is 2. The number of benzene rings is 2. The molecule has 4 rings (SSSR count). The van der Waals surface area contributed by atoms with Gasteiger partial charge >= 0.3 is 6.18 Å². The van der Waals surface area contributed by atoms with Gasteiger partial charge in [-0.2, -0.15) is 13.2 Å². The maximum absolute atomic E-state index is 14.1. The number of nitrogens with zero attached hydrogens (tertiary/aromatic N) is 2. The number of rotatable bonds is 7. The number of carbonyl (C=O) groups is 2. The monoisotopic (exact) mass is 597 g/mol. The maximum Gasteiger partial charge on any atom is 0.416 e. The predicted molar refractivity (Wildman–Crippen MR) is 153 cm³/mol. The van der Waals surface area contributed by atoms with Crippen molar-refractivity contribution >= 4 is 23.2 Å². The van der Waals surface area contributed by atoms with Crippen LogP contribution >= 0.6 is 0 Å². The van der Waals surface area contributed by atoms with Gasteiger partial charge < -0.3 is 19.9 Å². The Morgan fingerprint density at radius 2 is 1.69 bits per heavy atom. The number of piperidine rings is 1. The van der Waals surface area contributed by atoms with Gasteiger partial charge in [-0.05, 0) is 51.0 Å². The molecule has 0 radical (unpaired) electrons. The lowest BCUT2D eigenvalue weighted by atomic mass is 9.76. The zero-order valence-electron chi connectivity index (χ0n) is 23.9. The van der Waals surface area contributed by atoms with E-state index in [0.29, 0.717) is 5.69 Å². The molecule has 42 heavy (non-hydrogen) atoms. The minimum absolute atomic E-state index is 0. The normalized spacial score (nSPS) is 22.7. The Balaban J connectivity index is 0.00000484. The van der Waals surface area contributed by atoms with Crippen LogP contribution in [0.5, 0.6) is 5.75 Å². The molecule has 2 atom stereocenters. The summed E-state index contributed by atoms with van der Waals surface area (Å²) in [6.07, 6.45) is -5.86. The van der Waals surface area contributed by atoms with Crippen molar-refractivity contribution in [2.75, 3.05) is 36.4 Å². The highest BCUT2D eigenvalue weighted by atomic mass is 19.4. The third-order valence-corrected chi connectivity index (χ3v) is 8.02. The van der Waals surface area contributed by atoms with Gasteiger partial charge in [0.05, 0.1) is 23.0 Å². The summed E-state index contributed by atoms with van der Waals surface area (Å²) < 4.78 is 74.5. The summed E-state index contributed by atoms with van der Waals surface area (Å²) in [4.78, 5) is 31.2. The Labute approximate surface area is 244 Å². The molecular weight excluding hydrogens is 557 g/mol. The molecule has 0 unspecified atom stereocenters. The molecule has 2 aromatic carbocycles. The number of hydrogen-bond acceptors (Lipinski definition) is 4. The molecule has 0 spiro atoms. The number of amides is 2. The van der Waals surface area contributed by atoms with E-state index in [0.717, 1.165) is 23.3 Å². The van der Waals surface area contributed by atoms with Gasteiger partial charge in [0.15, 0.2) is 0 Å². The van der Waals surface area contributed by atoms with Crippen molar-refractivity contribution in [2.45, 2.75) is 73.1 Å². The molecule has 2 fully saturated rings. The predicted octanol–water partition coefficient (Wildman–Crippen LogP) is 7.08. The number of halogens is 5. The van der Waals surface area contributed by atoms with Gasteiger partial charge in [-0.3, -0.25) is 9.59 Å². The van der Waals surface area contributed by atoms with Crippen molar-refractivity contribution in [1.82, 2.24) is 4.90 Å². The lowest BCUT2D eigenvalue weighted by Crippen LogP contribution is -2.53. The summed E-state index contributed by atoms with van der Waals surface area (Å²) in [6, 6.07) is 8.57. The minimum atomic E-state index is -4.69. The maximum atomic E-state index is 14.1. The van der Waals surface area contributed by atoms with Gasteiger partial charge in [0.1, 0.15) is 5.75 Å². The molecule has 2 saturated heterocycles. The average Bonchev–Trinajstić information content (AvgIpc) is 3.10. The first kappa shape index (κ1) is 33.3. The zero-order chi connectivity index (χ0) is 30.3. The Bertz CT molecular complexity index is 1280. The molecule has 2 aromatic rings. The van der Waals surface area contributed by atoms with Crippen molar-refractivity contribution < 1.29 is 36.3 Å². The molecule has 232 valence electrons. The van der Waals surface area contributed by atoms with Crippen molar-refractivity contribution in [2.24, 2.45) is 11.3 Å². The van der Waals surface area contributed by atoms with Crippen molar-refractivity contribution in [1.29, 1.82) is 0 Å². The van der Waals surface area contributed by atoms with E-state index in [9.17, 15) is 31.5 Å². The minimum Gasteiger partial charge on any atom is -0.491 e. The molecule has 0 aliphatic carbocycles. The number of likely N-dealkylation sites (tertiary alicyclic amines) is 1. The third kappa shape index (κ3) is 6.88. The van der Waals surface area contributed by atoms with E-state index in [1.807, 2.05) is 32.0 Å². The summed E-state index contributed by atoms with van der Waals surface area (Å²) in [6.45, 7) is 8.67. The third-order valence-electron chi connectivity index (χ3n) is 8.02. The smallest absolute Gasteiger partial charge is 0.416 e. The molecule has 0 aromatic heterocycles. The van der Waals surface area contributed by atoms with Gasteiger partial charge in [0, 0.05) is 56.5 Å². The average molecular weight is 598 g/mol. The van der Waals surface area contributed by atoms with Crippen LogP contribution in [0.3, 0.4) is 0 Å². The molecule has 2 aliphatic rings. The van der Waals surface area contributed by atoms with E-state index in [2.05, 4.69) is 5.32 Å². The Morgan fingerprint density at radius 1 is 1.10 bits per heavy atom. The van der Waals surface area contributed by atoms with Crippen LogP contribution in [0.2, 0.25) is 0 Å². The van der Waals surface area contributed by atoms with E-state index < -0.39 is 41.0 Å². The standard InChI is InChI=1S/C30H36F5N3O3.CH4/c1-18(2)41-24-14-22(30(33,34)35)13-23(15-24)36-27(40)28(16-37-11-9-29(31,32)10-12-37)17-38(26(39)21(28)5)25-19(3)7-6-8-20(25)4;/h6-8,13-15,18,21H,9-12,16-17H2,1-5H3,(H,36,40);1H4/t21-,28-;/m1./s1. The summed E-state index contributed by atoms with van der Waals surface area (Å²) in [5.41, 5.74) is -0.233. The highest BCUT2D eigenvalue weighted by Gasteiger charge is 2.56. The summed E-state index contributed by atoms with van der Waals surface area (Å²) in [7, 11) is 0. The van der Waals surface area contributed by atoms with E-state index in [4.69, 9.17) is 4.74 Å². The number of hydrogen-bond donors (Lipinski definition) is 1. The SMILES string of the molecule is C.Cc1cccc(C)c1N1C[C@@](CN2CCC(F)(F)CC2)(C(=O)Nc2cc(OC(C)C)cc(C(F)(F)F)c2)[C@H](C)C1=O. The molecule has 11 heteroatoms. The molecule has 0 saturated carbocycles. The number of ether oxygens (including phenoxy) is 1. The molecular formula is C31H40F5N3O3. The largest absolute Gasteiger partial charge is 0.491 e. The van der Waals surface area contributed by atoms with E-state index >= 15 is 0 Å². The second-order valence-corrected chi connectivity index (χ2v) is 11.5. The molecule has 0 bridgehead atoms. The topological polar surface area (TPSA) is 61.9 Å². The van der Waals surface area contributed by atoms with Gasteiger partial charge in [0.2, 0.25) is 11.8 Å². The van der Waals surface area contributed by atoms with Gasteiger partial charge in [-0.15, -0.1) is 0 Å². The first-order valence-electron chi connectivity index (χ1n) is 13.7. The van der Waals surface area contributed by atoms with Gasteiger partial charge in [-0.1, -0.05) is 32.5 Å². The van der Waals surface area contributed by atoms with E-state index in [1.54, 1.807) is 30.6 Å². The van der Waals surface area contributed by atoms with Gasteiger partial charge in [-0.25, -0.2) is 8.78 Å². The number of nitrogens with one attached hydrogen (secondary N) is 1. The van der Waals surface area contributed by atoms with Crippen LogP contribution in [0, 0.1) is 25.2 Å². The van der Waals surface area contributed by atoms with E-state index in [1.165, 1.54) is 6.07 Å². The van der Waals surface area contributed by atoms with Crippen LogP contribution in [0.15, 0.2) is 36.4 Å². The first-order valence-corrected chi connectivity index (χ1v) is 13.7. The summed E-state index contributed by atoms with van der Waals surface area (Å²) in [5.74, 6) is -4.71. The summed E-state index contributed by atoms with van der Waals surface area (Å²) >= 11 is 0. The zero-order valence-corrected chi connectivity index (χ0v) is 23.9. The summed E-state index contributed by atoms with van der Waals surface area (Å²) in [5, 5.41) is 2.64. The Kier molecular flexibility index (Phi) is 9.66. The van der Waals surface area contributed by atoms with Crippen LogP contribution in [0.25, 0.3) is 0 Å². The number of alkyl halides is 5. The number of aryl methyl sites for hydroxylation is 2. The second kappa shape index (κ2) is 12.2. The van der Waals surface area contributed by atoms with E-state index in [-0.39, 0.29) is 63.8 Å². The number of para-hydroxylation sites is 1. The lowest BCUT2D eigenvalue weighted by molar-refractivity contribution is -0.137. The Morgan fingerprint density at radius 3 is 2.24 bits per heavy atom. The van der Waals surface area contributed by atoms with Crippen molar-refractivity contribution in [3.8, 4) is 5.75 Å². The first-order chi connectivity index (χ1) is 19.0. The molecule has 2 aliphatic heterocycles. The fourth-order valence-corrected chi connectivity index (χ4v) is 5.78. The second-order valence-electron chi connectivity index (χ2n) is 11.5. The van der Waals surface area contributed by atoms with Crippen molar-refractivity contribution in [3.05, 3.63) is 53.1 Å². The van der Waals surface area contributed by atoms with Gasteiger partial charge in [0.25, 0.3) is 5.92 Å². The van der Waals surface area contributed by atoms with Crippen LogP contribution in [-0.4, -0.2) is 54.9 Å². The quantitative estimate of drug-likeness (QED) is 0.347. The van der Waals surface area contributed by atoms with Crippen LogP contribution < -0.4 is 15.0 Å². The molecule has 1 N–H and O–H groups in total.